The van der Waals surface area contributed by atoms with Crippen LogP contribution in [0.3, 0.4) is 0 Å². The molecule has 1 heterocycles. The Morgan fingerprint density at radius 3 is 2.87 bits per heavy atom. The smallest absolute Gasteiger partial charge is 0.163 e. The van der Waals surface area contributed by atoms with Crippen molar-refractivity contribution in [3.8, 4) is 0 Å². The van der Waals surface area contributed by atoms with E-state index in [2.05, 4.69) is 24.9 Å². The summed E-state index contributed by atoms with van der Waals surface area (Å²) >= 11 is 0. The lowest BCUT2D eigenvalue weighted by atomic mass is 9.77. The second kappa shape index (κ2) is 3.61. The van der Waals surface area contributed by atoms with E-state index in [0.29, 0.717) is 6.42 Å². The van der Waals surface area contributed by atoms with Crippen molar-refractivity contribution >= 4 is 11.4 Å². The fraction of sp³-hybridized carbons (Fsp3) is 0.385. The van der Waals surface area contributed by atoms with Crippen molar-refractivity contribution in [1.82, 2.24) is 4.98 Å². The molecule has 2 rings (SSSR count). The highest BCUT2D eigenvalue weighted by Gasteiger charge is 2.26. The normalized spacial score (nSPS) is 19.9. The Labute approximate surface area is 90.0 Å². The van der Waals surface area contributed by atoms with Crippen molar-refractivity contribution in [1.29, 1.82) is 0 Å². The van der Waals surface area contributed by atoms with Crippen LogP contribution in [-0.2, 0) is 4.79 Å². The van der Waals surface area contributed by atoms with Crippen LogP contribution in [0.1, 0.15) is 32.3 Å². The molecule has 0 N–H and O–H groups in total. The first kappa shape index (κ1) is 10.1. The van der Waals surface area contributed by atoms with E-state index in [1.54, 1.807) is 12.4 Å². The number of ketones is 1. The Kier molecular flexibility index (Phi) is 2.43. The van der Waals surface area contributed by atoms with Gasteiger partial charge in [0.15, 0.2) is 5.78 Å². The summed E-state index contributed by atoms with van der Waals surface area (Å²) < 4.78 is 0. The van der Waals surface area contributed by atoms with Crippen molar-refractivity contribution in [3.63, 3.8) is 0 Å². The summed E-state index contributed by atoms with van der Waals surface area (Å²) in [6, 6.07) is 3.81. The minimum absolute atomic E-state index is 0.124. The zero-order valence-electron chi connectivity index (χ0n) is 9.16. The lowest BCUT2D eigenvalue weighted by Gasteiger charge is -2.26. The molecular weight excluding hydrogens is 186 g/mol. The fourth-order valence-corrected chi connectivity index (χ4v) is 1.88. The predicted molar refractivity (Wildman–Crippen MR) is 60.2 cm³/mol. The quantitative estimate of drug-likeness (QED) is 0.699. The van der Waals surface area contributed by atoms with Crippen LogP contribution in [0.4, 0.5) is 0 Å². The summed E-state index contributed by atoms with van der Waals surface area (Å²) in [4.78, 5) is 15.8. The molecule has 78 valence electrons. The van der Waals surface area contributed by atoms with Crippen LogP contribution in [0, 0.1) is 5.41 Å². The van der Waals surface area contributed by atoms with E-state index in [0.717, 1.165) is 17.6 Å². The molecule has 1 aromatic rings. The zero-order chi connectivity index (χ0) is 10.9. The summed E-state index contributed by atoms with van der Waals surface area (Å²) in [7, 11) is 0. The van der Waals surface area contributed by atoms with Gasteiger partial charge in [-0.2, -0.15) is 0 Å². The topological polar surface area (TPSA) is 30.0 Å². The lowest BCUT2D eigenvalue weighted by Crippen LogP contribution is -2.19. The molecule has 15 heavy (non-hydrogen) atoms. The number of aromatic nitrogens is 1. The second-order valence-electron chi connectivity index (χ2n) is 4.71. The third kappa shape index (κ3) is 2.14. The van der Waals surface area contributed by atoms with Gasteiger partial charge in [-0.25, -0.2) is 0 Å². The third-order valence-electron chi connectivity index (χ3n) is 2.80. The van der Waals surface area contributed by atoms with Gasteiger partial charge in [0.25, 0.3) is 0 Å². The van der Waals surface area contributed by atoms with E-state index in [1.165, 1.54) is 0 Å². The molecule has 0 saturated heterocycles. The van der Waals surface area contributed by atoms with Crippen molar-refractivity contribution in [2.75, 3.05) is 0 Å². The number of nitrogens with zero attached hydrogens (tertiary/aromatic N) is 1. The van der Waals surface area contributed by atoms with Crippen molar-refractivity contribution in [2.24, 2.45) is 5.41 Å². The van der Waals surface area contributed by atoms with Gasteiger partial charge in [-0.05, 0) is 17.9 Å². The summed E-state index contributed by atoms with van der Waals surface area (Å²) in [6.07, 6.45) is 7.15. The highest BCUT2D eigenvalue weighted by Crippen LogP contribution is 2.34. The second-order valence-corrected chi connectivity index (χ2v) is 4.71. The third-order valence-corrected chi connectivity index (χ3v) is 2.80. The van der Waals surface area contributed by atoms with Crippen LogP contribution < -0.4 is 0 Å². The van der Waals surface area contributed by atoms with E-state index < -0.39 is 0 Å². The first-order valence-electron chi connectivity index (χ1n) is 5.25. The summed E-state index contributed by atoms with van der Waals surface area (Å²) in [5, 5.41) is 0. The molecule has 0 radical (unpaired) electrons. The van der Waals surface area contributed by atoms with Gasteiger partial charge in [-0.3, -0.25) is 9.78 Å². The van der Waals surface area contributed by atoms with E-state index >= 15 is 0 Å². The Bertz CT molecular complexity index is 404. The van der Waals surface area contributed by atoms with Crippen LogP contribution in [0.25, 0.3) is 5.57 Å². The maximum Gasteiger partial charge on any atom is 0.163 e. The maximum absolute atomic E-state index is 11.8. The van der Waals surface area contributed by atoms with Crippen molar-refractivity contribution < 1.29 is 4.79 Å². The Hall–Kier alpha value is -1.44. The largest absolute Gasteiger partial charge is 0.294 e. The molecule has 0 saturated carbocycles. The number of rotatable bonds is 1. The molecule has 0 spiro atoms. The molecule has 0 aromatic carbocycles. The Balaban J connectivity index is 2.43. The predicted octanol–water partition coefficient (Wildman–Crippen LogP) is 2.85. The number of pyridine rings is 1. The highest BCUT2D eigenvalue weighted by molar-refractivity contribution is 6.21. The van der Waals surface area contributed by atoms with Crippen LogP contribution in [0.2, 0.25) is 0 Å². The number of allylic oxidation sites excluding steroid dienone is 2. The van der Waals surface area contributed by atoms with Crippen LogP contribution in [0.15, 0.2) is 30.6 Å². The SMILES string of the molecule is CC1(C)C=C(c2cccnc2)C(=O)CC1. The van der Waals surface area contributed by atoms with Gasteiger partial charge >= 0.3 is 0 Å². The first-order chi connectivity index (χ1) is 7.08. The van der Waals surface area contributed by atoms with Gasteiger partial charge in [0.1, 0.15) is 0 Å². The van der Waals surface area contributed by atoms with Crippen LogP contribution in [-0.4, -0.2) is 10.8 Å². The van der Waals surface area contributed by atoms with Gasteiger partial charge in [0.2, 0.25) is 0 Å². The van der Waals surface area contributed by atoms with Crippen LogP contribution in [0.5, 0.6) is 0 Å². The minimum Gasteiger partial charge on any atom is -0.294 e. The standard InChI is InChI=1S/C13H15NO/c1-13(2)6-5-12(15)11(8-13)10-4-3-7-14-9-10/h3-4,7-9H,5-6H2,1-2H3. The van der Waals surface area contributed by atoms with Crippen LogP contribution >= 0.6 is 0 Å². The molecule has 0 atom stereocenters. The molecule has 1 aliphatic carbocycles. The molecule has 1 aromatic heterocycles. The maximum atomic E-state index is 11.8. The summed E-state index contributed by atoms with van der Waals surface area (Å²) in [6.45, 7) is 4.33. The lowest BCUT2D eigenvalue weighted by molar-refractivity contribution is -0.114. The van der Waals surface area contributed by atoms with Gasteiger partial charge < -0.3 is 0 Å². The van der Waals surface area contributed by atoms with Gasteiger partial charge in [0.05, 0.1) is 0 Å². The zero-order valence-corrected chi connectivity index (χ0v) is 9.16. The number of hydrogen-bond acceptors (Lipinski definition) is 2. The average molecular weight is 201 g/mol. The van der Waals surface area contributed by atoms with Crippen molar-refractivity contribution in [2.45, 2.75) is 26.7 Å². The van der Waals surface area contributed by atoms with E-state index in [1.807, 2.05) is 12.1 Å². The van der Waals surface area contributed by atoms with E-state index in [4.69, 9.17) is 0 Å². The van der Waals surface area contributed by atoms with Gasteiger partial charge in [-0.15, -0.1) is 0 Å². The number of hydrogen-bond donors (Lipinski definition) is 0. The summed E-state index contributed by atoms with van der Waals surface area (Å²) in [5.41, 5.74) is 1.90. The van der Waals surface area contributed by atoms with E-state index in [9.17, 15) is 4.79 Å². The summed E-state index contributed by atoms with van der Waals surface area (Å²) in [5.74, 6) is 0.238. The molecule has 0 bridgehead atoms. The monoisotopic (exact) mass is 201 g/mol. The molecule has 2 nitrogen and oxygen atoms in total. The average Bonchev–Trinajstić information content (AvgIpc) is 2.23. The molecule has 0 amide bonds. The molecule has 0 unspecified atom stereocenters. The Morgan fingerprint density at radius 2 is 2.20 bits per heavy atom. The molecule has 1 aliphatic rings. The molecule has 2 heteroatoms. The Morgan fingerprint density at radius 1 is 1.40 bits per heavy atom. The van der Waals surface area contributed by atoms with Gasteiger partial charge in [-0.1, -0.05) is 26.0 Å². The number of carbonyl (C=O) groups is 1. The van der Waals surface area contributed by atoms with Gasteiger partial charge in [0, 0.05) is 30.0 Å². The fourth-order valence-electron chi connectivity index (χ4n) is 1.88. The molecule has 0 aliphatic heterocycles. The van der Waals surface area contributed by atoms with Crippen molar-refractivity contribution in [3.05, 3.63) is 36.2 Å². The minimum atomic E-state index is 0.124. The highest BCUT2D eigenvalue weighted by atomic mass is 16.1. The van der Waals surface area contributed by atoms with E-state index in [-0.39, 0.29) is 11.2 Å². The molecular formula is C13H15NO. The number of Topliss-reactive ketones (excluding diaryl/α,β-unsaturated/α-hetero) is 1. The number of carbonyl (C=O) groups excluding carboxylic acids is 1. The molecule has 0 fully saturated rings. The first-order valence-corrected chi connectivity index (χ1v) is 5.25.